The first-order valence-electron chi connectivity index (χ1n) is 14.4. The monoisotopic (exact) mass is 551 g/mol. The Bertz CT molecular complexity index is 1070. The molecule has 0 aliphatic carbocycles. The molecule has 0 aromatic heterocycles. The van der Waals surface area contributed by atoms with Crippen LogP contribution in [0.5, 0.6) is 0 Å². The van der Waals surface area contributed by atoms with Crippen molar-refractivity contribution in [2.45, 2.75) is 90.0 Å². The first-order valence-corrected chi connectivity index (χ1v) is 14.4. The molecule has 3 rings (SSSR count). The summed E-state index contributed by atoms with van der Waals surface area (Å²) in [5.74, 6) is 0.000997. The quantitative estimate of drug-likeness (QED) is 0.353. The van der Waals surface area contributed by atoms with Crippen LogP contribution in [0.2, 0.25) is 0 Å². The van der Waals surface area contributed by atoms with Gasteiger partial charge in [-0.25, -0.2) is 4.79 Å². The fourth-order valence-electron chi connectivity index (χ4n) is 4.89. The zero-order valence-electron chi connectivity index (χ0n) is 24.4. The van der Waals surface area contributed by atoms with E-state index in [1.807, 2.05) is 74.2 Å². The smallest absolute Gasteiger partial charge is 0.407 e. The summed E-state index contributed by atoms with van der Waals surface area (Å²) in [6.45, 7) is 9.37. The standard InChI is InChI=1S/C32H45N3O5/c1-5-25(26-14-10-7-11-15-26)22-35-21-19-27(16-17-29(36)39-23-24-12-8-6-9-13-24)34-28(30(35)37)18-20-33-31(38)40-32(2,3)4/h6-15,25,27-28,34H,5,16-23H2,1-4H3,(H,33,38)/t25-,27-,28+/m1/s1. The molecule has 0 spiro atoms. The van der Waals surface area contributed by atoms with Crippen LogP contribution in [0, 0.1) is 0 Å². The number of alkyl carbamates (subject to hydrolysis) is 1. The number of benzene rings is 2. The maximum atomic E-state index is 13.7. The van der Waals surface area contributed by atoms with Gasteiger partial charge in [-0.1, -0.05) is 67.6 Å². The van der Waals surface area contributed by atoms with Crippen molar-refractivity contribution in [3.05, 3.63) is 71.8 Å². The molecule has 8 heteroatoms. The molecule has 1 heterocycles. The number of rotatable bonds is 12. The van der Waals surface area contributed by atoms with Crippen LogP contribution in [0.15, 0.2) is 60.7 Å². The number of carbonyl (C=O) groups excluding carboxylic acids is 3. The Hall–Kier alpha value is -3.39. The number of nitrogens with zero attached hydrogens (tertiary/aromatic N) is 1. The van der Waals surface area contributed by atoms with Gasteiger partial charge < -0.3 is 25.0 Å². The van der Waals surface area contributed by atoms with E-state index in [1.54, 1.807) is 0 Å². The predicted molar refractivity (Wildman–Crippen MR) is 156 cm³/mol. The second kappa shape index (κ2) is 15.4. The summed E-state index contributed by atoms with van der Waals surface area (Å²) in [4.78, 5) is 40.3. The topological polar surface area (TPSA) is 97.0 Å². The highest BCUT2D eigenvalue weighted by molar-refractivity contribution is 5.82. The molecule has 2 aromatic rings. The molecule has 218 valence electrons. The third kappa shape index (κ3) is 10.6. The van der Waals surface area contributed by atoms with Crippen LogP contribution in [-0.2, 0) is 25.7 Å². The van der Waals surface area contributed by atoms with Gasteiger partial charge in [0.2, 0.25) is 5.91 Å². The largest absolute Gasteiger partial charge is 0.461 e. The number of nitrogens with one attached hydrogen (secondary N) is 2. The molecule has 0 radical (unpaired) electrons. The van der Waals surface area contributed by atoms with Crippen LogP contribution in [-0.4, -0.2) is 60.2 Å². The van der Waals surface area contributed by atoms with Crippen LogP contribution in [0.4, 0.5) is 4.79 Å². The fraction of sp³-hybridized carbons (Fsp3) is 0.531. The zero-order chi connectivity index (χ0) is 29.0. The predicted octanol–water partition coefficient (Wildman–Crippen LogP) is 5.18. The Labute approximate surface area is 238 Å². The van der Waals surface area contributed by atoms with E-state index in [-0.39, 0.29) is 36.9 Å². The lowest BCUT2D eigenvalue weighted by Crippen LogP contribution is -2.48. The van der Waals surface area contributed by atoms with Gasteiger partial charge in [0.25, 0.3) is 0 Å². The summed E-state index contributed by atoms with van der Waals surface area (Å²) in [7, 11) is 0. The molecule has 8 nitrogen and oxygen atoms in total. The molecule has 0 bridgehead atoms. The van der Waals surface area contributed by atoms with Gasteiger partial charge in [-0.3, -0.25) is 9.59 Å². The molecule has 1 aliphatic heterocycles. The molecule has 0 saturated carbocycles. The van der Waals surface area contributed by atoms with Crippen molar-refractivity contribution in [2.75, 3.05) is 19.6 Å². The van der Waals surface area contributed by atoms with Crippen molar-refractivity contribution in [3.8, 4) is 0 Å². The Morgan fingerprint density at radius 3 is 2.38 bits per heavy atom. The summed E-state index contributed by atoms with van der Waals surface area (Å²) < 4.78 is 10.8. The summed E-state index contributed by atoms with van der Waals surface area (Å²) in [5.41, 5.74) is 1.58. The van der Waals surface area contributed by atoms with Gasteiger partial charge in [0.05, 0.1) is 6.04 Å². The average Bonchev–Trinajstić information content (AvgIpc) is 3.07. The summed E-state index contributed by atoms with van der Waals surface area (Å²) in [6, 6.07) is 19.4. The van der Waals surface area contributed by atoms with E-state index in [0.29, 0.717) is 32.5 Å². The van der Waals surface area contributed by atoms with E-state index in [2.05, 4.69) is 29.7 Å². The van der Waals surface area contributed by atoms with Gasteiger partial charge in [0.15, 0.2) is 0 Å². The van der Waals surface area contributed by atoms with Gasteiger partial charge in [-0.15, -0.1) is 0 Å². The van der Waals surface area contributed by atoms with Crippen molar-refractivity contribution in [3.63, 3.8) is 0 Å². The Morgan fingerprint density at radius 1 is 1.05 bits per heavy atom. The lowest BCUT2D eigenvalue weighted by atomic mass is 9.95. The van der Waals surface area contributed by atoms with E-state index in [1.165, 1.54) is 5.56 Å². The summed E-state index contributed by atoms with van der Waals surface area (Å²) in [5, 5.41) is 6.26. The molecular weight excluding hydrogens is 506 g/mol. The first-order chi connectivity index (χ1) is 19.1. The average molecular weight is 552 g/mol. The zero-order valence-corrected chi connectivity index (χ0v) is 24.4. The summed E-state index contributed by atoms with van der Waals surface area (Å²) in [6.07, 6.45) is 2.41. The Morgan fingerprint density at radius 2 is 1.73 bits per heavy atom. The minimum absolute atomic E-state index is 0.0227. The third-order valence-electron chi connectivity index (χ3n) is 7.04. The second-order valence-electron chi connectivity index (χ2n) is 11.4. The van der Waals surface area contributed by atoms with Crippen LogP contribution in [0.1, 0.15) is 76.8 Å². The SMILES string of the molecule is CC[C@H](CN1CC[C@@H](CCC(=O)OCc2ccccc2)N[C@@H](CCNC(=O)OC(C)(C)C)C1=O)c1ccccc1. The molecule has 2 aromatic carbocycles. The lowest BCUT2D eigenvalue weighted by molar-refractivity contribution is -0.145. The van der Waals surface area contributed by atoms with Crippen LogP contribution >= 0.6 is 0 Å². The Kier molecular flexibility index (Phi) is 12.0. The third-order valence-corrected chi connectivity index (χ3v) is 7.04. The number of carbonyl (C=O) groups is 3. The number of amides is 2. The van der Waals surface area contributed by atoms with Crippen molar-refractivity contribution < 1.29 is 23.9 Å². The maximum Gasteiger partial charge on any atom is 0.407 e. The number of hydrogen-bond acceptors (Lipinski definition) is 6. The Balaban J connectivity index is 1.62. The minimum atomic E-state index is -0.593. The van der Waals surface area contributed by atoms with E-state index in [9.17, 15) is 14.4 Å². The first kappa shape index (κ1) is 31.1. The highest BCUT2D eigenvalue weighted by atomic mass is 16.6. The van der Waals surface area contributed by atoms with Crippen molar-refractivity contribution in [1.82, 2.24) is 15.5 Å². The number of hydrogen-bond donors (Lipinski definition) is 2. The van der Waals surface area contributed by atoms with Crippen molar-refractivity contribution in [1.29, 1.82) is 0 Å². The molecule has 2 N–H and O–H groups in total. The lowest BCUT2D eigenvalue weighted by Gasteiger charge is -2.28. The van der Waals surface area contributed by atoms with Gasteiger partial charge >= 0.3 is 12.1 Å². The summed E-state index contributed by atoms with van der Waals surface area (Å²) >= 11 is 0. The van der Waals surface area contributed by atoms with Crippen LogP contribution < -0.4 is 10.6 Å². The van der Waals surface area contributed by atoms with Gasteiger partial charge in [-0.05, 0) is 57.6 Å². The van der Waals surface area contributed by atoms with E-state index >= 15 is 0 Å². The fourth-order valence-corrected chi connectivity index (χ4v) is 4.89. The van der Waals surface area contributed by atoms with Crippen molar-refractivity contribution in [2.24, 2.45) is 0 Å². The number of esters is 1. The van der Waals surface area contributed by atoms with Crippen LogP contribution in [0.25, 0.3) is 0 Å². The van der Waals surface area contributed by atoms with E-state index in [0.717, 1.165) is 18.4 Å². The van der Waals surface area contributed by atoms with E-state index in [4.69, 9.17) is 9.47 Å². The maximum absolute atomic E-state index is 13.7. The highest BCUT2D eigenvalue weighted by Crippen LogP contribution is 2.23. The molecule has 3 atom stereocenters. The van der Waals surface area contributed by atoms with Gasteiger partial charge in [0.1, 0.15) is 12.2 Å². The molecule has 0 unspecified atom stereocenters. The second-order valence-corrected chi connectivity index (χ2v) is 11.4. The molecule has 40 heavy (non-hydrogen) atoms. The molecule has 1 aliphatic rings. The normalized spacial score (nSPS) is 18.5. The van der Waals surface area contributed by atoms with Crippen molar-refractivity contribution >= 4 is 18.0 Å². The van der Waals surface area contributed by atoms with E-state index < -0.39 is 17.7 Å². The molecule has 1 fully saturated rings. The van der Waals surface area contributed by atoms with Gasteiger partial charge in [-0.2, -0.15) is 0 Å². The molecular formula is C32H45N3O5. The molecule has 1 saturated heterocycles. The highest BCUT2D eigenvalue weighted by Gasteiger charge is 2.32. The molecule has 2 amide bonds. The van der Waals surface area contributed by atoms with Crippen LogP contribution in [0.3, 0.4) is 0 Å². The van der Waals surface area contributed by atoms with Gasteiger partial charge in [0, 0.05) is 38.0 Å². The minimum Gasteiger partial charge on any atom is -0.461 e. The number of ether oxygens (including phenoxy) is 2.